The zero-order chi connectivity index (χ0) is 47.7. The highest BCUT2D eigenvalue weighted by atomic mass is 35.5. The Labute approximate surface area is 395 Å². The Morgan fingerprint density at radius 3 is 2.16 bits per heavy atom. The van der Waals surface area contributed by atoms with Crippen LogP contribution in [0.3, 0.4) is 0 Å². The highest BCUT2D eigenvalue weighted by molar-refractivity contribution is 6.33. The van der Waals surface area contributed by atoms with Gasteiger partial charge in [0.1, 0.15) is 35.5 Å². The molecule has 6 aromatic rings. The monoisotopic (exact) mass is 942 g/mol. The van der Waals surface area contributed by atoms with E-state index in [0.29, 0.717) is 95.9 Å². The first-order valence-electron chi connectivity index (χ1n) is 22.0. The van der Waals surface area contributed by atoms with Crippen molar-refractivity contribution in [1.82, 2.24) is 10.2 Å². The zero-order valence-corrected chi connectivity index (χ0v) is 37.7. The number of piperidine rings is 1. The zero-order valence-electron chi connectivity index (χ0n) is 37.0. The minimum absolute atomic E-state index is 0.0453. The Hall–Kier alpha value is -7.37. The molecule has 1 aromatic heterocycles. The van der Waals surface area contributed by atoms with Crippen molar-refractivity contribution in [2.24, 2.45) is 5.73 Å². The highest BCUT2D eigenvalue weighted by Gasteiger charge is 2.44. The number of imide groups is 2. The summed E-state index contributed by atoms with van der Waals surface area (Å²) in [4.78, 5) is 76.7. The molecule has 4 N–H and O–H groups in total. The van der Waals surface area contributed by atoms with Crippen LogP contribution in [0.5, 0.6) is 11.5 Å². The number of benzene rings is 5. The van der Waals surface area contributed by atoms with Crippen molar-refractivity contribution in [2.45, 2.75) is 25.8 Å². The number of primary amides is 1. The molecule has 0 radical (unpaired) electrons. The van der Waals surface area contributed by atoms with Gasteiger partial charge in [-0.15, -0.1) is 0 Å². The molecule has 5 amide bonds. The summed E-state index contributed by atoms with van der Waals surface area (Å²) in [6, 6.07) is 28.6. The number of nitrogens with zero attached hydrogens (tertiary/aromatic N) is 1. The minimum atomic E-state index is -1.03. The Kier molecular flexibility index (Phi) is 14.9. The largest absolute Gasteiger partial charge is 0.493 e. The number of hydrogen-bond donors (Lipinski definition) is 3. The van der Waals surface area contributed by atoms with Gasteiger partial charge in [-0.05, 0) is 90.7 Å². The van der Waals surface area contributed by atoms with Gasteiger partial charge in [-0.3, -0.25) is 39.0 Å². The van der Waals surface area contributed by atoms with Crippen LogP contribution < -0.4 is 31.3 Å². The van der Waals surface area contributed by atoms with Gasteiger partial charge in [0, 0.05) is 47.5 Å². The van der Waals surface area contributed by atoms with Crippen LogP contribution in [0, 0.1) is 0 Å². The van der Waals surface area contributed by atoms with E-state index in [2.05, 4.69) is 10.6 Å². The Bertz CT molecular complexity index is 2960. The second-order valence-electron chi connectivity index (χ2n) is 15.7. The fourth-order valence-electron chi connectivity index (χ4n) is 7.93. The lowest BCUT2D eigenvalue weighted by Crippen LogP contribution is -2.54. The van der Waals surface area contributed by atoms with E-state index < -0.39 is 35.6 Å². The molecule has 350 valence electrons. The maximum Gasteiger partial charge on any atom is 0.262 e. The van der Waals surface area contributed by atoms with Crippen molar-refractivity contribution < 1.29 is 52.1 Å². The van der Waals surface area contributed by atoms with E-state index in [0.717, 1.165) is 21.7 Å². The predicted molar refractivity (Wildman–Crippen MR) is 253 cm³/mol. The third kappa shape index (κ3) is 10.7. The molecule has 2 aliphatic heterocycles. The number of hydrogen-bond acceptors (Lipinski definition) is 13. The van der Waals surface area contributed by atoms with Gasteiger partial charge in [-0.1, -0.05) is 41.9 Å². The number of carbonyl (C=O) groups is 5. The molecule has 16 nitrogen and oxygen atoms in total. The summed E-state index contributed by atoms with van der Waals surface area (Å²) < 4.78 is 34.9. The van der Waals surface area contributed by atoms with Crippen LogP contribution in [0.25, 0.3) is 44.5 Å². The third-order valence-electron chi connectivity index (χ3n) is 11.2. The Morgan fingerprint density at radius 2 is 1.44 bits per heavy atom. The number of nitrogens with one attached hydrogen (secondary N) is 2. The number of amides is 5. The van der Waals surface area contributed by atoms with Crippen molar-refractivity contribution in [3.8, 4) is 45.1 Å². The van der Waals surface area contributed by atoms with Gasteiger partial charge in [0.05, 0.1) is 67.8 Å². The van der Waals surface area contributed by atoms with Gasteiger partial charge < -0.3 is 39.2 Å². The van der Waals surface area contributed by atoms with Crippen molar-refractivity contribution in [2.75, 3.05) is 64.7 Å². The van der Waals surface area contributed by atoms with Gasteiger partial charge in [-0.2, -0.15) is 0 Å². The van der Waals surface area contributed by atoms with Crippen LogP contribution in [-0.4, -0.2) is 99.9 Å². The number of rotatable bonds is 21. The fourth-order valence-corrected chi connectivity index (χ4v) is 8.21. The van der Waals surface area contributed by atoms with Crippen LogP contribution in [0.2, 0.25) is 5.02 Å². The Morgan fingerprint density at radius 1 is 0.735 bits per heavy atom. The predicted octanol–water partition coefficient (Wildman–Crippen LogP) is 6.89. The molecule has 0 bridgehead atoms. The van der Waals surface area contributed by atoms with E-state index in [1.807, 2.05) is 49.4 Å². The molecule has 5 aromatic carbocycles. The lowest BCUT2D eigenvalue weighted by molar-refractivity contribution is -0.136. The molecule has 2 aliphatic rings. The number of ether oxygens (including phenoxy) is 5. The Balaban J connectivity index is 0.760. The summed E-state index contributed by atoms with van der Waals surface area (Å²) in [6.45, 7) is 4.93. The lowest BCUT2D eigenvalue weighted by atomic mass is 9.94. The van der Waals surface area contributed by atoms with Crippen molar-refractivity contribution in [3.63, 3.8) is 0 Å². The van der Waals surface area contributed by atoms with Crippen LogP contribution in [0.4, 0.5) is 5.69 Å². The van der Waals surface area contributed by atoms with E-state index >= 15 is 0 Å². The summed E-state index contributed by atoms with van der Waals surface area (Å²) in [7, 11) is 0. The normalized spacial score (nSPS) is 14.6. The molecular weight excluding hydrogens is 896 g/mol. The lowest BCUT2D eigenvalue weighted by Gasteiger charge is -2.27. The average molecular weight is 943 g/mol. The van der Waals surface area contributed by atoms with Gasteiger partial charge in [0.2, 0.25) is 17.7 Å². The maximum atomic E-state index is 13.7. The molecule has 17 heteroatoms. The molecule has 68 heavy (non-hydrogen) atoms. The van der Waals surface area contributed by atoms with Crippen LogP contribution >= 0.6 is 11.6 Å². The molecule has 3 heterocycles. The molecule has 8 rings (SSSR count). The first-order chi connectivity index (χ1) is 33.0. The summed E-state index contributed by atoms with van der Waals surface area (Å²) in [6.07, 6.45) is 0.126. The molecule has 1 fully saturated rings. The number of halogens is 1. The second-order valence-corrected chi connectivity index (χ2v) is 16.2. The number of nitrogens with two attached hydrogens (primary N) is 1. The van der Waals surface area contributed by atoms with E-state index in [4.69, 9.17) is 45.4 Å². The smallest absolute Gasteiger partial charge is 0.262 e. The van der Waals surface area contributed by atoms with Crippen LogP contribution in [0.15, 0.2) is 112 Å². The molecule has 1 unspecified atom stereocenters. The maximum absolute atomic E-state index is 13.7. The summed E-state index contributed by atoms with van der Waals surface area (Å²) in [5.41, 5.74) is 10.6. The van der Waals surface area contributed by atoms with Crippen LogP contribution in [0.1, 0.15) is 50.8 Å². The quantitative estimate of drug-likeness (QED) is 0.0496. The summed E-state index contributed by atoms with van der Waals surface area (Å²) >= 11 is 6.73. The van der Waals surface area contributed by atoms with Crippen LogP contribution in [-0.2, 0) is 23.8 Å². The molecular formula is C51H47ClN4O12. The summed E-state index contributed by atoms with van der Waals surface area (Å²) in [5, 5.41) is 6.15. The van der Waals surface area contributed by atoms with Gasteiger partial charge >= 0.3 is 0 Å². The topological polar surface area (TPSA) is 215 Å². The van der Waals surface area contributed by atoms with E-state index in [1.165, 1.54) is 18.2 Å². The van der Waals surface area contributed by atoms with Crippen molar-refractivity contribution in [3.05, 3.63) is 135 Å². The van der Waals surface area contributed by atoms with Crippen molar-refractivity contribution >= 4 is 57.8 Å². The summed E-state index contributed by atoms with van der Waals surface area (Å²) in [5.74, 6) is -1.74. The van der Waals surface area contributed by atoms with Gasteiger partial charge in [-0.25, -0.2) is 0 Å². The second kappa shape index (κ2) is 21.5. The SMILES string of the molecule is CCOc1cc2oc(-c3ccc(NCCOCCOCCOCCOc4ccc5c(c4)C(=O)N(C4CCC(=O)NC4=O)C5=O)cc3Cl)cc(=O)c2cc1-c1cc(C(N)=O)cc(-c2ccccc2)c1. The molecule has 1 atom stereocenters. The van der Waals surface area contributed by atoms with E-state index in [1.54, 1.807) is 42.5 Å². The highest BCUT2D eigenvalue weighted by Crippen LogP contribution is 2.39. The molecule has 0 aliphatic carbocycles. The van der Waals surface area contributed by atoms with E-state index in [-0.39, 0.29) is 48.4 Å². The van der Waals surface area contributed by atoms with Crippen molar-refractivity contribution in [1.29, 1.82) is 0 Å². The molecule has 1 saturated heterocycles. The van der Waals surface area contributed by atoms with Gasteiger partial charge in [0.15, 0.2) is 5.43 Å². The fraction of sp³-hybridized carbons (Fsp3) is 0.255. The third-order valence-corrected chi connectivity index (χ3v) is 11.5. The average Bonchev–Trinajstić information content (AvgIpc) is 3.57. The standard InChI is InChI=1S/C51H47ClN4O12/c1-2-66-44-29-46-40(27-38(44)32-22-31(23-33(24-32)48(53)59)30-6-4-3-5-7-30)43(57)28-45(68-46)37-10-8-34(25-41(37)52)54-14-15-63-16-17-64-18-19-65-20-21-67-35-9-11-36-39(26-35)51(62)56(50(36)61)42-12-13-47(58)55-49(42)60/h3-11,22-29,42,54H,2,12-21H2,1H3,(H2,53,59)(H,55,58,60). The molecule has 0 spiro atoms. The minimum Gasteiger partial charge on any atom is -0.493 e. The first-order valence-corrected chi connectivity index (χ1v) is 22.4. The van der Waals surface area contributed by atoms with E-state index in [9.17, 15) is 28.8 Å². The number of anilines is 1. The van der Waals surface area contributed by atoms with Gasteiger partial charge in [0.25, 0.3) is 11.8 Å². The first kappa shape index (κ1) is 47.1. The molecule has 0 saturated carbocycles. The number of fused-ring (bicyclic) bond motifs is 2. The number of carbonyl (C=O) groups excluding carboxylic acids is 5.